The van der Waals surface area contributed by atoms with Crippen LogP contribution in [-0.4, -0.2) is 9.97 Å². The van der Waals surface area contributed by atoms with E-state index in [4.69, 9.17) is 22.2 Å². The fraction of sp³-hybridized carbons (Fsp3) is 0.231. The second-order valence-electron chi connectivity index (χ2n) is 4.52. The number of aromatic nitrogens is 2. The molecule has 1 aromatic heterocycles. The molecule has 0 amide bonds. The summed E-state index contributed by atoms with van der Waals surface area (Å²) < 4.78 is 19.2. The molecule has 1 saturated carbocycles. The number of nitrogen functional groups attached to an aromatic ring is 1. The summed E-state index contributed by atoms with van der Waals surface area (Å²) in [6.45, 7) is 0. The van der Waals surface area contributed by atoms with Gasteiger partial charge in [-0.05, 0) is 25.0 Å². The Bertz CT molecular complexity index is 648. The highest BCUT2D eigenvalue weighted by molar-refractivity contribution is 6.30. The van der Waals surface area contributed by atoms with Crippen molar-refractivity contribution in [2.24, 2.45) is 5.84 Å². The van der Waals surface area contributed by atoms with Crippen LogP contribution in [0.25, 0.3) is 0 Å². The Labute approximate surface area is 119 Å². The van der Waals surface area contributed by atoms with Crippen LogP contribution in [0.3, 0.4) is 0 Å². The first kappa shape index (κ1) is 13.1. The number of hydrogen-bond acceptors (Lipinski definition) is 5. The molecule has 0 atom stereocenters. The van der Waals surface area contributed by atoms with E-state index in [0.29, 0.717) is 17.6 Å². The molecule has 3 N–H and O–H groups in total. The molecule has 1 aliphatic carbocycles. The molecule has 1 aromatic carbocycles. The van der Waals surface area contributed by atoms with Gasteiger partial charge in [-0.15, -0.1) is 0 Å². The van der Waals surface area contributed by atoms with Gasteiger partial charge in [0, 0.05) is 12.0 Å². The zero-order chi connectivity index (χ0) is 14.1. The van der Waals surface area contributed by atoms with Gasteiger partial charge >= 0.3 is 0 Å². The Morgan fingerprint density at radius 1 is 1.35 bits per heavy atom. The SMILES string of the molecule is NNc1cc(Oc2cccc(Cl)c2F)nc(C2CC2)n1. The average Bonchev–Trinajstić information content (AvgIpc) is 3.28. The number of hydrogen-bond donors (Lipinski definition) is 2. The molecule has 0 spiro atoms. The predicted molar refractivity (Wildman–Crippen MR) is 73.3 cm³/mol. The minimum atomic E-state index is -0.622. The summed E-state index contributed by atoms with van der Waals surface area (Å²) in [6, 6.07) is 6.04. The monoisotopic (exact) mass is 294 g/mol. The van der Waals surface area contributed by atoms with Gasteiger partial charge < -0.3 is 10.2 Å². The van der Waals surface area contributed by atoms with Crippen molar-refractivity contribution in [2.45, 2.75) is 18.8 Å². The highest BCUT2D eigenvalue weighted by Gasteiger charge is 2.27. The van der Waals surface area contributed by atoms with Crippen molar-refractivity contribution in [1.29, 1.82) is 0 Å². The molecule has 2 aromatic rings. The average molecular weight is 295 g/mol. The Morgan fingerprint density at radius 3 is 2.85 bits per heavy atom. The summed E-state index contributed by atoms with van der Waals surface area (Å²) in [4.78, 5) is 8.52. The number of nitrogens with one attached hydrogen (secondary N) is 1. The number of benzene rings is 1. The lowest BCUT2D eigenvalue weighted by Gasteiger charge is -2.09. The third kappa shape index (κ3) is 2.66. The normalized spacial score (nSPS) is 14.2. The summed E-state index contributed by atoms with van der Waals surface area (Å²) in [5.74, 6) is 6.40. The van der Waals surface area contributed by atoms with Crippen LogP contribution in [0, 0.1) is 5.82 Å². The number of anilines is 1. The summed E-state index contributed by atoms with van der Waals surface area (Å²) in [5, 5.41) is -0.00357. The van der Waals surface area contributed by atoms with Gasteiger partial charge in [0.25, 0.3) is 0 Å². The van der Waals surface area contributed by atoms with E-state index in [1.165, 1.54) is 18.2 Å². The summed E-state index contributed by atoms with van der Waals surface area (Å²) in [7, 11) is 0. The highest BCUT2D eigenvalue weighted by atomic mass is 35.5. The van der Waals surface area contributed by atoms with Crippen LogP contribution in [-0.2, 0) is 0 Å². The minimum absolute atomic E-state index is 0.00357. The van der Waals surface area contributed by atoms with Crippen LogP contribution in [0.4, 0.5) is 10.2 Å². The van der Waals surface area contributed by atoms with E-state index in [1.807, 2.05) is 0 Å². The summed E-state index contributed by atoms with van der Waals surface area (Å²) in [5.41, 5.74) is 2.45. The van der Waals surface area contributed by atoms with Crippen LogP contribution in [0.15, 0.2) is 24.3 Å². The van der Waals surface area contributed by atoms with E-state index < -0.39 is 5.82 Å². The molecule has 5 nitrogen and oxygen atoms in total. The third-order valence-corrected chi connectivity index (χ3v) is 3.23. The molecule has 104 valence electrons. The molecular formula is C13H12ClFN4O. The zero-order valence-corrected chi connectivity index (χ0v) is 11.2. The van der Waals surface area contributed by atoms with Gasteiger partial charge in [0.15, 0.2) is 11.6 Å². The molecule has 7 heteroatoms. The van der Waals surface area contributed by atoms with Gasteiger partial charge in [-0.1, -0.05) is 17.7 Å². The smallest absolute Gasteiger partial charge is 0.224 e. The van der Waals surface area contributed by atoms with Gasteiger partial charge in [0.05, 0.1) is 5.02 Å². The van der Waals surface area contributed by atoms with Crippen molar-refractivity contribution >= 4 is 17.4 Å². The molecule has 1 aliphatic rings. The first-order valence-corrected chi connectivity index (χ1v) is 6.52. The number of halogens is 2. The van der Waals surface area contributed by atoms with Gasteiger partial charge in [-0.25, -0.2) is 15.2 Å². The number of rotatable bonds is 4. The van der Waals surface area contributed by atoms with E-state index in [9.17, 15) is 4.39 Å². The quantitative estimate of drug-likeness (QED) is 0.669. The van der Waals surface area contributed by atoms with Crippen LogP contribution in [0.5, 0.6) is 11.6 Å². The van der Waals surface area contributed by atoms with Crippen LogP contribution in [0.2, 0.25) is 5.02 Å². The van der Waals surface area contributed by atoms with Crippen molar-refractivity contribution in [1.82, 2.24) is 9.97 Å². The van der Waals surface area contributed by atoms with Crippen molar-refractivity contribution in [3.63, 3.8) is 0 Å². The maximum atomic E-state index is 13.8. The molecule has 0 radical (unpaired) electrons. The second kappa shape index (κ2) is 5.22. The second-order valence-corrected chi connectivity index (χ2v) is 4.93. The summed E-state index contributed by atoms with van der Waals surface area (Å²) >= 11 is 5.71. The molecule has 1 heterocycles. The van der Waals surface area contributed by atoms with Gasteiger partial charge in [-0.3, -0.25) is 0 Å². The van der Waals surface area contributed by atoms with Crippen LogP contribution < -0.4 is 16.0 Å². The van der Waals surface area contributed by atoms with Crippen molar-refractivity contribution < 1.29 is 9.13 Å². The van der Waals surface area contributed by atoms with Crippen molar-refractivity contribution in [3.05, 3.63) is 40.9 Å². The number of ether oxygens (including phenoxy) is 1. The first-order valence-electron chi connectivity index (χ1n) is 6.15. The largest absolute Gasteiger partial charge is 0.436 e. The Morgan fingerprint density at radius 2 is 2.15 bits per heavy atom. The van der Waals surface area contributed by atoms with Crippen molar-refractivity contribution in [2.75, 3.05) is 5.43 Å². The van der Waals surface area contributed by atoms with E-state index in [0.717, 1.165) is 12.8 Å². The molecule has 3 rings (SSSR count). The maximum absolute atomic E-state index is 13.8. The fourth-order valence-corrected chi connectivity index (χ4v) is 1.93. The third-order valence-electron chi connectivity index (χ3n) is 2.94. The number of nitrogens with zero attached hydrogens (tertiary/aromatic N) is 2. The molecule has 1 fully saturated rings. The molecular weight excluding hydrogens is 283 g/mol. The first-order chi connectivity index (χ1) is 9.67. The van der Waals surface area contributed by atoms with Gasteiger partial charge in [0.1, 0.15) is 11.6 Å². The van der Waals surface area contributed by atoms with Crippen molar-refractivity contribution in [3.8, 4) is 11.6 Å². The lowest BCUT2D eigenvalue weighted by atomic mass is 10.3. The molecule has 0 aliphatic heterocycles. The highest BCUT2D eigenvalue weighted by Crippen LogP contribution is 2.39. The molecule has 20 heavy (non-hydrogen) atoms. The topological polar surface area (TPSA) is 73.1 Å². The Balaban J connectivity index is 1.93. The molecule has 0 bridgehead atoms. The number of nitrogens with two attached hydrogens (primary N) is 1. The Kier molecular flexibility index (Phi) is 3.42. The fourth-order valence-electron chi connectivity index (χ4n) is 1.77. The van der Waals surface area contributed by atoms with E-state index in [1.54, 1.807) is 6.07 Å². The lowest BCUT2D eigenvalue weighted by Crippen LogP contribution is -2.10. The van der Waals surface area contributed by atoms with Gasteiger partial charge in [-0.2, -0.15) is 4.98 Å². The maximum Gasteiger partial charge on any atom is 0.224 e. The van der Waals surface area contributed by atoms with E-state index >= 15 is 0 Å². The van der Waals surface area contributed by atoms with Gasteiger partial charge in [0.2, 0.25) is 5.88 Å². The van der Waals surface area contributed by atoms with Crippen LogP contribution >= 0.6 is 11.6 Å². The number of hydrazine groups is 1. The van der Waals surface area contributed by atoms with E-state index in [-0.39, 0.29) is 16.7 Å². The minimum Gasteiger partial charge on any atom is -0.436 e. The summed E-state index contributed by atoms with van der Waals surface area (Å²) in [6.07, 6.45) is 2.08. The molecule has 0 saturated heterocycles. The van der Waals surface area contributed by atoms with Crippen LogP contribution in [0.1, 0.15) is 24.6 Å². The molecule has 0 unspecified atom stereocenters. The zero-order valence-electron chi connectivity index (χ0n) is 10.4. The predicted octanol–water partition coefficient (Wildman–Crippen LogP) is 3.22. The standard InChI is InChI=1S/C13H12ClFN4O/c14-8-2-1-3-9(12(8)15)20-11-6-10(19-16)17-13(18-11)7-4-5-7/h1-3,6-7H,4-5,16H2,(H,17,18,19). The Hall–Kier alpha value is -1.92. The lowest BCUT2D eigenvalue weighted by molar-refractivity contribution is 0.425. The van der Waals surface area contributed by atoms with E-state index in [2.05, 4.69) is 15.4 Å².